The Hall–Kier alpha value is -1.43. The molecule has 0 spiro atoms. The number of carboxylic acid groups (broad SMARTS) is 1. The molecule has 6 nitrogen and oxygen atoms in total. The van der Waals surface area contributed by atoms with Crippen LogP contribution in [0, 0.1) is 5.41 Å². The zero-order valence-corrected chi connectivity index (χ0v) is 13.0. The predicted octanol–water partition coefficient (Wildman–Crippen LogP) is 2.92. The average Bonchev–Trinajstić information content (AvgIpc) is 2.86. The van der Waals surface area contributed by atoms with E-state index >= 15 is 0 Å². The third-order valence-corrected chi connectivity index (χ3v) is 4.19. The van der Waals surface area contributed by atoms with Gasteiger partial charge in [-0.3, -0.25) is 4.79 Å². The van der Waals surface area contributed by atoms with E-state index < -0.39 is 17.0 Å². The van der Waals surface area contributed by atoms with Crippen LogP contribution in [-0.2, 0) is 21.6 Å². The number of rotatable bonds is 6. The highest BCUT2D eigenvalue weighted by Crippen LogP contribution is 2.38. The van der Waals surface area contributed by atoms with Gasteiger partial charge in [0, 0.05) is 13.5 Å². The lowest BCUT2D eigenvalue weighted by Gasteiger charge is -2.32. The number of ether oxygens (including phenoxy) is 1. The molecular formula is C15H24N2O4. The molecule has 1 heterocycles. The Balaban J connectivity index is 2.12. The van der Waals surface area contributed by atoms with E-state index in [0.717, 1.165) is 25.7 Å². The van der Waals surface area contributed by atoms with E-state index in [0.29, 0.717) is 18.1 Å². The van der Waals surface area contributed by atoms with Crippen LogP contribution < -0.4 is 0 Å². The van der Waals surface area contributed by atoms with E-state index in [9.17, 15) is 4.79 Å². The zero-order valence-electron chi connectivity index (χ0n) is 13.0. The van der Waals surface area contributed by atoms with Gasteiger partial charge in [0.15, 0.2) is 0 Å². The van der Waals surface area contributed by atoms with Crippen molar-refractivity contribution < 1.29 is 19.2 Å². The molecule has 0 amide bonds. The van der Waals surface area contributed by atoms with Crippen molar-refractivity contribution >= 4 is 5.97 Å². The monoisotopic (exact) mass is 296 g/mol. The van der Waals surface area contributed by atoms with E-state index in [1.54, 1.807) is 7.11 Å². The molecule has 6 heteroatoms. The van der Waals surface area contributed by atoms with Gasteiger partial charge in [-0.2, -0.15) is 4.98 Å². The maximum absolute atomic E-state index is 10.9. The summed E-state index contributed by atoms with van der Waals surface area (Å²) in [5.74, 6) is 0.268. The number of carboxylic acids is 1. The lowest BCUT2D eigenvalue weighted by Crippen LogP contribution is -2.32. The van der Waals surface area contributed by atoms with Gasteiger partial charge in [-0.25, -0.2) is 0 Å². The van der Waals surface area contributed by atoms with Crippen LogP contribution in [0.3, 0.4) is 0 Å². The van der Waals surface area contributed by atoms with Crippen molar-refractivity contribution in [2.24, 2.45) is 5.41 Å². The van der Waals surface area contributed by atoms with E-state index in [1.165, 1.54) is 6.42 Å². The van der Waals surface area contributed by atoms with Crippen LogP contribution in [0.5, 0.6) is 0 Å². The van der Waals surface area contributed by atoms with E-state index in [1.807, 2.05) is 13.8 Å². The minimum absolute atomic E-state index is 0.0696. The lowest BCUT2D eigenvalue weighted by molar-refractivity contribution is -0.139. The minimum atomic E-state index is -0.819. The van der Waals surface area contributed by atoms with E-state index in [4.69, 9.17) is 14.4 Å². The summed E-state index contributed by atoms with van der Waals surface area (Å²) in [7, 11) is 1.69. The summed E-state index contributed by atoms with van der Waals surface area (Å²) in [6, 6.07) is 0. The first-order valence-corrected chi connectivity index (χ1v) is 7.47. The summed E-state index contributed by atoms with van der Waals surface area (Å²) < 4.78 is 11.0. The molecule has 1 aliphatic carbocycles. The first-order valence-electron chi connectivity index (χ1n) is 7.47. The molecule has 1 aliphatic rings. The number of aromatic nitrogens is 2. The van der Waals surface area contributed by atoms with E-state index in [2.05, 4.69) is 10.1 Å². The summed E-state index contributed by atoms with van der Waals surface area (Å²) in [6.45, 7) is 3.77. The van der Waals surface area contributed by atoms with Crippen LogP contribution in [0.1, 0.15) is 64.1 Å². The Morgan fingerprint density at radius 2 is 2.05 bits per heavy atom. The molecule has 0 unspecified atom stereocenters. The number of nitrogens with zero attached hydrogens (tertiary/aromatic N) is 2. The molecule has 2 rings (SSSR count). The molecule has 1 aromatic rings. The van der Waals surface area contributed by atoms with Crippen LogP contribution >= 0.6 is 0 Å². The van der Waals surface area contributed by atoms with Gasteiger partial charge in [0.1, 0.15) is 5.60 Å². The molecule has 0 atom stereocenters. The first-order chi connectivity index (χ1) is 9.87. The normalized spacial score (nSPS) is 18.6. The minimum Gasteiger partial charge on any atom is -0.481 e. The Morgan fingerprint density at radius 3 is 2.62 bits per heavy atom. The summed E-state index contributed by atoms with van der Waals surface area (Å²) >= 11 is 0. The summed E-state index contributed by atoms with van der Waals surface area (Å²) in [6.07, 6.45) is 5.74. The van der Waals surface area contributed by atoms with Crippen LogP contribution in [0.15, 0.2) is 4.52 Å². The molecule has 0 saturated heterocycles. The molecule has 118 valence electrons. The molecule has 21 heavy (non-hydrogen) atoms. The Bertz CT molecular complexity index is 490. The van der Waals surface area contributed by atoms with Crippen molar-refractivity contribution in [1.29, 1.82) is 0 Å². The standard InChI is InChI=1S/C15H24N2O4/c1-14(2,10-12(18)19)9-11-16-13(17-21-11)15(20-3)7-5-4-6-8-15/h4-10H2,1-3H3,(H,18,19). The van der Waals surface area contributed by atoms with Gasteiger partial charge in [0.25, 0.3) is 0 Å². The highest BCUT2D eigenvalue weighted by molar-refractivity contribution is 5.67. The quantitative estimate of drug-likeness (QED) is 0.868. The second kappa shape index (κ2) is 6.13. The van der Waals surface area contributed by atoms with E-state index in [-0.39, 0.29) is 6.42 Å². The first kappa shape index (κ1) is 15.9. The van der Waals surface area contributed by atoms with Crippen LogP contribution in [0.2, 0.25) is 0 Å². The van der Waals surface area contributed by atoms with Gasteiger partial charge in [-0.15, -0.1) is 0 Å². The van der Waals surface area contributed by atoms with Gasteiger partial charge < -0.3 is 14.4 Å². The molecule has 0 radical (unpaired) electrons. The average molecular weight is 296 g/mol. The molecule has 0 aliphatic heterocycles. The van der Waals surface area contributed by atoms with Crippen molar-refractivity contribution in [1.82, 2.24) is 10.1 Å². The van der Waals surface area contributed by atoms with Gasteiger partial charge in [-0.1, -0.05) is 38.3 Å². The topological polar surface area (TPSA) is 85.5 Å². The molecule has 1 fully saturated rings. The third-order valence-electron chi connectivity index (χ3n) is 4.19. The number of hydrogen-bond donors (Lipinski definition) is 1. The van der Waals surface area contributed by atoms with Crippen molar-refractivity contribution in [2.75, 3.05) is 7.11 Å². The van der Waals surface area contributed by atoms with Crippen LogP contribution in [0.4, 0.5) is 0 Å². The molecule has 0 bridgehead atoms. The van der Waals surface area contributed by atoms with Gasteiger partial charge in [-0.05, 0) is 18.3 Å². The third kappa shape index (κ3) is 3.81. The van der Waals surface area contributed by atoms with Gasteiger partial charge in [0.05, 0.1) is 6.42 Å². The second-order valence-electron chi connectivity index (χ2n) is 6.68. The number of methoxy groups -OCH3 is 1. The van der Waals surface area contributed by atoms with Crippen molar-refractivity contribution in [3.63, 3.8) is 0 Å². The summed E-state index contributed by atoms with van der Waals surface area (Å²) in [5, 5.41) is 13.0. The Kier molecular flexibility index (Phi) is 4.66. The molecule has 1 N–H and O–H groups in total. The highest BCUT2D eigenvalue weighted by atomic mass is 16.5. The smallest absolute Gasteiger partial charge is 0.303 e. The lowest BCUT2D eigenvalue weighted by atomic mass is 9.84. The predicted molar refractivity (Wildman–Crippen MR) is 75.8 cm³/mol. The highest BCUT2D eigenvalue weighted by Gasteiger charge is 2.39. The Labute approximate surface area is 124 Å². The van der Waals surface area contributed by atoms with Gasteiger partial charge in [0.2, 0.25) is 11.7 Å². The molecule has 1 aromatic heterocycles. The maximum atomic E-state index is 10.9. The summed E-state index contributed by atoms with van der Waals surface area (Å²) in [4.78, 5) is 15.3. The largest absolute Gasteiger partial charge is 0.481 e. The number of aliphatic carboxylic acids is 1. The maximum Gasteiger partial charge on any atom is 0.303 e. The van der Waals surface area contributed by atoms with Gasteiger partial charge >= 0.3 is 5.97 Å². The van der Waals surface area contributed by atoms with Crippen LogP contribution in [-0.4, -0.2) is 28.3 Å². The zero-order chi connectivity index (χ0) is 15.5. The fourth-order valence-corrected chi connectivity index (χ4v) is 3.03. The fraction of sp³-hybridized carbons (Fsp3) is 0.800. The summed E-state index contributed by atoms with van der Waals surface area (Å²) in [5.41, 5.74) is -0.848. The molecular weight excluding hydrogens is 272 g/mol. The number of hydrogen-bond acceptors (Lipinski definition) is 5. The molecule has 0 aromatic carbocycles. The SMILES string of the molecule is COC1(c2noc(CC(C)(C)CC(=O)O)n2)CCCCC1. The van der Waals surface area contributed by atoms with Crippen LogP contribution in [0.25, 0.3) is 0 Å². The molecule has 1 saturated carbocycles. The second-order valence-corrected chi connectivity index (χ2v) is 6.68. The fourth-order valence-electron chi connectivity index (χ4n) is 3.03. The van der Waals surface area contributed by atoms with Crippen molar-refractivity contribution in [2.45, 2.75) is 64.4 Å². The number of carbonyl (C=O) groups is 1. The Morgan fingerprint density at radius 1 is 1.38 bits per heavy atom. The van der Waals surface area contributed by atoms with Crippen molar-refractivity contribution in [3.05, 3.63) is 11.7 Å². The van der Waals surface area contributed by atoms with Crippen molar-refractivity contribution in [3.8, 4) is 0 Å².